The molecule has 114 valence electrons. The van der Waals surface area contributed by atoms with Crippen LogP contribution < -0.4 is 5.32 Å². The lowest BCUT2D eigenvalue weighted by atomic mass is 10.3. The van der Waals surface area contributed by atoms with Gasteiger partial charge >= 0.3 is 0 Å². The summed E-state index contributed by atoms with van der Waals surface area (Å²) in [6.07, 6.45) is 7.84. The van der Waals surface area contributed by atoms with Gasteiger partial charge in [-0.05, 0) is 25.8 Å². The SMILES string of the molecule is C=CCCCN(C)C(=NCCn1cccn1)NCC.I. The quantitative estimate of drug-likeness (QED) is 0.243. The molecule has 0 radical (unpaired) electrons. The molecule has 1 N–H and O–H groups in total. The number of hydrogen-bond acceptors (Lipinski definition) is 2. The van der Waals surface area contributed by atoms with Gasteiger partial charge in [-0.15, -0.1) is 30.6 Å². The van der Waals surface area contributed by atoms with Crippen molar-refractivity contribution in [3.05, 3.63) is 31.1 Å². The average Bonchev–Trinajstić information content (AvgIpc) is 2.91. The summed E-state index contributed by atoms with van der Waals surface area (Å²) >= 11 is 0. The van der Waals surface area contributed by atoms with Crippen molar-refractivity contribution in [3.63, 3.8) is 0 Å². The second-order valence-corrected chi connectivity index (χ2v) is 4.36. The molecule has 0 atom stereocenters. The normalized spacial score (nSPS) is 10.8. The number of aliphatic imine (C=N–C) groups is 1. The van der Waals surface area contributed by atoms with Gasteiger partial charge in [0.25, 0.3) is 0 Å². The molecule has 20 heavy (non-hydrogen) atoms. The van der Waals surface area contributed by atoms with Crippen LogP contribution in [0.5, 0.6) is 0 Å². The van der Waals surface area contributed by atoms with Gasteiger partial charge < -0.3 is 10.2 Å². The lowest BCUT2D eigenvalue weighted by molar-refractivity contribution is 0.468. The summed E-state index contributed by atoms with van der Waals surface area (Å²) in [5, 5.41) is 7.48. The maximum atomic E-state index is 4.61. The Kier molecular flexibility index (Phi) is 11.1. The summed E-state index contributed by atoms with van der Waals surface area (Å²) in [7, 11) is 2.07. The Morgan fingerprint density at radius 2 is 2.35 bits per heavy atom. The van der Waals surface area contributed by atoms with Gasteiger partial charge in [-0.1, -0.05) is 6.08 Å². The minimum atomic E-state index is 0. The fourth-order valence-corrected chi connectivity index (χ4v) is 1.74. The number of rotatable bonds is 8. The lowest BCUT2D eigenvalue weighted by Crippen LogP contribution is -2.39. The second-order valence-electron chi connectivity index (χ2n) is 4.36. The number of unbranched alkanes of at least 4 members (excludes halogenated alkanes) is 1. The predicted molar refractivity (Wildman–Crippen MR) is 95.7 cm³/mol. The third kappa shape index (κ3) is 7.52. The molecule has 0 bridgehead atoms. The zero-order valence-electron chi connectivity index (χ0n) is 12.5. The minimum absolute atomic E-state index is 0. The van der Waals surface area contributed by atoms with Gasteiger partial charge in [0.15, 0.2) is 5.96 Å². The van der Waals surface area contributed by atoms with E-state index in [1.165, 1.54) is 0 Å². The second kappa shape index (κ2) is 11.7. The van der Waals surface area contributed by atoms with Gasteiger partial charge in [-0.2, -0.15) is 5.10 Å². The number of nitrogens with one attached hydrogen (secondary N) is 1. The molecule has 1 aromatic rings. The van der Waals surface area contributed by atoms with Crippen molar-refractivity contribution in [1.29, 1.82) is 0 Å². The number of allylic oxidation sites excluding steroid dienone is 1. The zero-order valence-corrected chi connectivity index (χ0v) is 14.8. The van der Waals surface area contributed by atoms with E-state index < -0.39 is 0 Å². The molecule has 0 spiro atoms. The van der Waals surface area contributed by atoms with Gasteiger partial charge in [0.1, 0.15) is 0 Å². The highest BCUT2D eigenvalue weighted by Gasteiger charge is 2.04. The van der Waals surface area contributed by atoms with Crippen molar-refractivity contribution in [1.82, 2.24) is 20.0 Å². The molecule has 0 aliphatic heterocycles. The maximum absolute atomic E-state index is 4.61. The van der Waals surface area contributed by atoms with Crippen molar-refractivity contribution in [2.75, 3.05) is 26.7 Å². The number of halogens is 1. The van der Waals surface area contributed by atoms with E-state index >= 15 is 0 Å². The van der Waals surface area contributed by atoms with Crippen LogP contribution in [-0.4, -0.2) is 47.3 Å². The molecule has 0 aliphatic rings. The third-order valence-corrected chi connectivity index (χ3v) is 2.75. The smallest absolute Gasteiger partial charge is 0.193 e. The Labute approximate surface area is 139 Å². The summed E-state index contributed by atoms with van der Waals surface area (Å²) in [6, 6.07) is 1.93. The van der Waals surface area contributed by atoms with E-state index in [9.17, 15) is 0 Å². The molecule has 0 saturated carbocycles. The summed E-state index contributed by atoms with van der Waals surface area (Å²) < 4.78 is 1.89. The van der Waals surface area contributed by atoms with Crippen LogP contribution >= 0.6 is 24.0 Å². The standard InChI is InChI=1S/C14H25N5.HI/c1-4-6-7-11-18(3)14(15-5-2)16-10-13-19-12-8-9-17-19;/h4,8-9,12H,1,5-7,10-11,13H2,2-3H3,(H,15,16);1H. The molecule has 1 aromatic heterocycles. The summed E-state index contributed by atoms with van der Waals surface area (Å²) in [5.74, 6) is 0.957. The van der Waals surface area contributed by atoms with Crippen molar-refractivity contribution in [2.24, 2.45) is 4.99 Å². The molecule has 1 rings (SSSR count). The first-order chi connectivity index (χ1) is 9.27. The largest absolute Gasteiger partial charge is 0.357 e. The maximum Gasteiger partial charge on any atom is 0.193 e. The molecular weight excluding hydrogens is 365 g/mol. The van der Waals surface area contributed by atoms with Crippen LogP contribution in [0.2, 0.25) is 0 Å². The Morgan fingerprint density at radius 3 is 2.95 bits per heavy atom. The van der Waals surface area contributed by atoms with Gasteiger partial charge in [0.2, 0.25) is 0 Å². The Morgan fingerprint density at radius 1 is 1.55 bits per heavy atom. The number of nitrogens with zero attached hydrogens (tertiary/aromatic N) is 4. The van der Waals surface area contributed by atoms with Crippen molar-refractivity contribution in [3.8, 4) is 0 Å². The van der Waals surface area contributed by atoms with Crippen LogP contribution in [0.3, 0.4) is 0 Å². The van der Waals surface area contributed by atoms with Crippen LogP contribution in [0.15, 0.2) is 36.1 Å². The topological polar surface area (TPSA) is 45.5 Å². The molecule has 0 fully saturated rings. The van der Waals surface area contributed by atoms with Gasteiger partial charge in [0.05, 0.1) is 13.1 Å². The molecule has 0 unspecified atom stereocenters. The minimum Gasteiger partial charge on any atom is -0.357 e. The highest BCUT2D eigenvalue weighted by molar-refractivity contribution is 14.0. The summed E-state index contributed by atoms with van der Waals surface area (Å²) in [5.41, 5.74) is 0. The van der Waals surface area contributed by atoms with E-state index in [0.29, 0.717) is 0 Å². The van der Waals surface area contributed by atoms with Crippen LogP contribution in [-0.2, 0) is 6.54 Å². The highest BCUT2D eigenvalue weighted by atomic mass is 127. The number of guanidine groups is 1. The highest BCUT2D eigenvalue weighted by Crippen LogP contribution is 1.95. The first kappa shape index (κ1) is 18.9. The fourth-order valence-electron chi connectivity index (χ4n) is 1.74. The van der Waals surface area contributed by atoms with Crippen LogP contribution in [0.4, 0.5) is 0 Å². The summed E-state index contributed by atoms with van der Waals surface area (Å²) in [6.45, 7) is 9.23. The summed E-state index contributed by atoms with van der Waals surface area (Å²) in [4.78, 5) is 6.77. The van der Waals surface area contributed by atoms with E-state index in [1.807, 2.05) is 23.0 Å². The number of aromatic nitrogens is 2. The Balaban J connectivity index is 0.00000361. The molecule has 0 aromatic carbocycles. The molecule has 5 nitrogen and oxygen atoms in total. The van der Waals surface area contributed by atoms with E-state index in [4.69, 9.17) is 0 Å². The van der Waals surface area contributed by atoms with Gasteiger partial charge in [0, 0.05) is 32.5 Å². The monoisotopic (exact) mass is 391 g/mol. The van der Waals surface area contributed by atoms with E-state index in [1.54, 1.807) is 6.20 Å². The zero-order chi connectivity index (χ0) is 13.9. The molecule has 6 heteroatoms. The molecule has 0 amide bonds. The first-order valence-electron chi connectivity index (χ1n) is 6.85. The molecule has 0 saturated heterocycles. The van der Waals surface area contributed by atoms with Gasteiger partial charge in [-0.3, -0.25) is 9.67 Å². The van der Waals surface area contributed by atoms with Crippen molar-refractivity contribution in [2.45, 2.75) is 26.3 Å². The van der Waals surface area contributed by atoms with E-state index in [0.717, 1.165) is 45.0 Å². The Bertz CT molecular complexity index is 375. The average molecular weight is 391 g/mol. The molecule has 1 heterocycles. The van der Waals surface area contributed by atoms with Crippen molar-refractivity contribution < 1.29 is 0 Å². The fraction of sp³-hybridized carbons (Fsp3) is 0.571. The van der Waals surface area contributed by atoms with E-state index in [-0.39, 0.29) is 24.0 Å². The van der Waals surface area contributed by atoms with Crippen LogP contribution in [0.25, 0.3) is 0 Å². The lowest BCUT2D eigenvalue weighted by Gasteiger charge is -2.21. The number of hydrogen-bond donors (Lipinski definition) is 1. The van der Waals surface area contributed by atoms with E-state index in [2.05, 4.69) is 40.9 Å². The Hall–Kier alpha value is -1.05. The van der Waals surface area contributed by atoms with Crippen molar-refractivity contribution >= 4 is 29.9 Å². The molecular formula is C14H26IN5. The van der Waals surface area contributed by atoms with Crippen LogP contribution in [0, 0.1) is 0 Å². The third-order valence-electron chi connectivity index (χ3n) is 2.75. The van der Waals surface area contributed by atoms with Crippen LogP contribution in [0.1, 0.15) is 19.8 Å². The first-order valence-corrected chi connectivity index (χ1v) is 6.85. The predicted octanol–water partition coefficient (Wildman–Crippen LogP) is 2.36. The van der Waals surface area contributed by atoms with Gasteiger partial charge in [-0.25, -0.2) is 0 Å². The molecule has 0 aliphatic carbocycles.